The van der Waals surface area contributed by atoms with Crippen LogP contribution in [-0.2, 0) is 0 Å². The van der Waals surface area contributed by atoms with Crippen molar-refractivity contribution in [2.45, 2.75) is 0 Å². The standard InChI is InChI=1S/C21H13BrN2O2/c22-18-7-11-20(12-8-18)26-21(25)17-5-1-16(2-6-17)14-24-19-9-3-15(13-23)4-10-19/h1-12,14H. The summed E-state index contributed by atoms with van der Waals surface area (Å²) in [6.07, 6.45) is 1.70. The molecule has 3 aromatic rings. The third kappa shape index (κ3) is 4.65. The maximum Gasteiger partial charge on any atom is 0.343 e. The fourth-order valence-electron chi connectivity index (χ4n) is 2.14. The largest absolute Gasteiger partial charge is 0.423 e. The van der Waals surface area contributed by atoms with E-state index in [4.69, 9.17) is 10.00 Å². The van der Waals surface area contributed by atoms with Gasteiger partial charge in [0.2, 0.25) is 0 Å². The van der Waals surface area contributed by atoms with Gasteiger partial charge in [0.05, 0.1) is 22.9 Å². The van der Waals surface area contributed by atoms with Crippen molar-refractivity contribution in [2.24, 2.45) is 4.99 Å². The lowest BCUT2D eigenvalue weighted by molar-refractivity contribution is 0.0735. The van der Waals surface area contributed by atoms with E-state index in [0.717, 1.165) is 15.7 Å². The summed E-state index contributed by atoms with van der Waals surface area (Å²) in [5, 5.41) is 8.78. The molecular weight excluding hydrogens is 392 g/mol. The molecule has 0 unspecified atom stereocenters. The molecule has 0 heterocycles. The fraction of sp³-hybridized carbons (Fsp3) is 0. The Morgan fingerprint density at radius 1 is 0.962 bits per heavy atom. The second kappa shape index (κ2) is 8.24. The fourth-order valence-corrected chi connectivity index (χ4v) is 2.41. The number of hydrogen-bond acceptors (Lipinski definition) is 4. The monoisotopic (exact) mass is 404 g/mol. The highest BCUT2D eigenvalue weighted by molar-refractivity contribution is 9.10. The van der Waals surface area contributed by atoms with E-state index in [1.807, 2.05) is 12.1 Å². The molecule has 0 atom stereocenters. The number of nitrogens with zero attached hydrogens (tertiary/aromatic N) is 2. The highest BCUT2D eigenvalue weighted by atomic mass is 79.9. The van der Waals surface area contributed by atoms with Crippen LogP contribution < -0.4 is 4.74 Å². The van der Waals surface area contributed by atoms with Crippen molar-refractivity contribution in [1.82, 2.24) is 0 Å². The first kappa shape index (κ1) is 17.6. The lowest BCUT2D eigenvalue weighted by atomic mass is 10.1. The first-order chi connectivity index (χ1) is 12.6. The van der Waals surface area contributed by atoms with E-state index >= 15 is 0 Å². The number of ether oxygens (including phenoxy) is 1. The number of halogens is 1. The Bertz CT molecular complexity index is 971. The molecule has 0 aliphatic carbocycles. The van der Waals surface area contributed by atoms with Gasteiger partial charge in [0.1, 0.15) is 5.75 Å². The molecule has 0 N–H and O–H groups in total. The zero-order valence-corrected chi connectivity index (χ0v) is 15.2. The summed E-state index contributed by atoms with van der Waals surface area (Å²) < 4.78 is 6.25. The van der Waals surface area contributed by atoms with Gasteiger partial charge < -0.3 is 4.74 Å². The van der Waals surface area contributed by atoms with Gasteiger partial charge in [0.15, 0.2) is 0 Å². The van der Waals surface area contributed by atoms with Gasteiger partial charge in [-0.1, -0.05) is 28.1 Å². The normalized spacial score (nSPS) is 10.5. The van der Waals surface area contributed by atoms with Crippen molar-refractivity contribution in [2.75, 3.05) is 0 Å². The minimum Gasteiger partial charge on any atom is -0.423 e. The second-order valence-corrected chi connectivity index (χ2v) is 6.30. The number of rotatable bonds is 4. The zero-order valence-electron chi connectivity index (χ0n) is 13.6. The molecule has 3 aromatic carbocycles. The van der Waals surface area contributed by atoms with E-state index in [9.17, 15) is 4.79 Å². The van der Waals surface area contributed by atoms with Crippen LogP contribution in [0.5, 0.6) is 5.75 Å². The molecule has 0 aromatic heterocycles. The summed E-state index contributed by atoms with van der Waals surface area (Å²) >= 11 is 3.34. The third-order valence-corrected chi connectivity index (χ3v) is 4.06. The Balaban J connectivity index is 1.65. The van der Waals surface area contributed by atoms with Gasteiger partial charge >= 0.3 is 5.97 Å². The highest BCUT2D eigenvalue weighted by Crippen LogP contribution is 2.18. The second-order valence-electron chi connectivity index (χ2n) is 5.38. The number of benzene rings is 3. The molecule has 5 heteroatoms. The van der Waals surface area contributed by atoms with Gasteiger partial charge in [-0.25, -0.2) is 4.79 Å². The third-order valence-electron chi connectivity index (χ3n) is 3.53. The van der Waals surface area contributed by atoms with Gasteiger partial charge in [0, 0.05) is 10.7 Å². The van der Waals surface area contributed by atoms with Crippen LogP contribution in [0.1, 0.15) is 21.5 Å². The maximum atomic E-state index is 12.2. The van der Waals surface area contributed by atoms with Crippen molar-refractivity contribution in [3.8, 4) is 11.8 Å². The molecule has 0 radical (unpaired) electrons. The van der Waals surface area contributed by atoms with Gasteiger partial charge in [-0.15, -0.1) is 0 Å². The molecule has 0 fully saturated rings. The van der Waals surface area contributed by atoms with Crippen LogP contribution in [0.2, 0.25) is 0 Å². The van der Waals surface area contributed by atoms with E-state index in [0.29, 0.717) is 16.9 Å². The van der Waals surface area contributed by atoms with E-state index < -0.39 is 5.97 Å². The van der Waals surface area contributed by atoms with E-state index in [2.05, 4.69) is 27.0 Å². The minimum absolute atomic E-state index is 0.414. The Hall–Kier alpha value is -3.23. The molecular formula is C21H13BrN2O2. The van der Waals surface area contributed by atoms with Crippen molar-refractivity contribution >= 4 is 33.8 Å². The van der Waals surface area contributed by atoms with Crippen molar-refractivity contribution < 1.29 is 9.53 Å². The molecule has 26 heavy (non-hydrogen) atoms. The number of hydrogen-bond donors (Lipinski definition) is 0. The Morgan fingerprint density at radius 2 is 1.62 bits per heavy atom. The summed E-state index contributed by atoms with van der Waals surface area (Å²) in [6.45, 7) is 0. The quantitative estimate of drug-likeness (QED) is 0.337. The first-order valence-corrected chi connectivity index (χ1v) is 8.55. The summed E-state index contributed by atoms with van der Waals surface area (Å²) in [7, 11) is 0. The van der Waals surface area contributed by atoms with Crippen LogP contribution in [0.3, 0.4) is 0 Å². The number of carbonyl (C=O) groups excluding carboxylic acids is 1. The molecule has 4 nitrogen and oxygen atoms in total. The van der Waals surface area contributed by atoms with Gasteiger partial charge in [-0.3, -0.25) is 4.99 Å². The van der Waals surface area contributed by atoms with Crippen LogP contribution in [-0.4, -0.2) is 12.2 Å². The summed E-state index contributed by atoms with van der Waals surface area (Å²) in [6, 6.07) is 23.1. The molecule has 0 bridgehead atoms. The van der Waals surface area contributed by atoms with Gasteiger partial charge in [0.25, 0.3) is 0 Å². The predicted octanol–water partition coefficient (Wildman–Crippen LogP) is 5.29. The SMILES string of the molecule is N#Cc1ccc(N=Cc2ccc(C(=O)Oc3ccc(Br)cc3)cc2)cc1. The van der Waals surface area contributed by atoms with Crippen LogP contribution in [0.15, 0.2) is 82.3 Å². The summed E-state index contributed by atoms with van der Waals surface area (Å²) in [5.41, 5.74) is 2.67. The van der Waals surface area contributed by atoms with Crippen molar-refractivity contribution in [1.29, 1.82) is 5.26 Å². The van der Waals surface area contributed by atoms with Gasteiger partial charge in [-0.2, -0.15) is 5.26 Å². The topological polar surface area (TPSA) is 62.5 Å². The molecule has 0 saturated carbocycles. The Labute approximate surface area is 159 Å². The molecule has 3 rings (SSSR count). The van der Waals surface area contributed by atoms with E-state index in [-0.39, 0.29) is 0 Å². The van der Waals surface area contributed by atoms with Crippen LogP contribution in [0.4, 0.5) is 5.69 Å². The Kier molecular flexibility index (Phi) is 5.57. The van der Waals surface area contributed by atoms with Crippen molar-refractivity contribution in [3.05, 3.63) is 94.0 Å². The Morgan fingerprint density at radius 3 is 2.23 bits per heavy atom. The number of aliphatic imine (C=N–C) groups is 1. The zero-order chi connectivity index (χ0) is 18.4. The maximum absolute atomic E-state index is 12.2. The summed E-state index contributed by atoms with van der Waals surface area (Å²) in [4.78, 5) is 16.5. The lowest BCUT2D eigenvalue weighted by Crippen LogP contribution is -2.08. The molecule has 0 spiro atoms. The average Bonchev–Trinajstić information content (AvgIpc) is 2.69. The molecule has 0 amide bonds. The smallest absolute Gasteiger partial charge is 0.343 e. The number of nitriles is 1. The first-order valence-electron chi connectivity index (χ1n) is 7.76. The molecule has 0 aliphatic rings. The highest BCUT2D eigenvalue weighted by Gasteiger charge is 2.08. The number of esters is 1. The average molecular weight is 405 g/mol. The number of carbonyl (C=O) groups is 1. The van der Waals surface area contributed by atoms with Crippen LogP contribution in [0.25, 0.3) is 0 Å². The van der Waals surface area contributed by atoms with Crippen LogP contribution >= 0.6 is 15.9 Å². The molecule has 0 saturated heterocycles. The minimum atomic E-state index is -0.414. The van der Waals surface area contributed by atoms with E-state index in [1.165, 1.54) is 0 Å². The molecule has 126 valence electrons. The van der Waals surface area contributed by atoms with Gasteiger partial charge in [-0.05, 0) is 66.2 Å². The summed E-state index contributed by atoms with van der Waals surface area (Å²) in [5.74, 6) is 0.0764. The van der Waals surface area contributed by atoms with Crippen LogP contribution in [0, 0.1) is 11.3 Å². The molecule has 0 aliphatic heterocycles. The van der Waals surface area contributed by atoms with Crippen molar-refractivity contribution in [3.63, 3.8) is 0 Å². The predicted molar refractivity (Wildman–Crippen MR) is 104 cm³/mol. The lowest BCUT2D eigenvalue weighted by Gasteiger charge is -2.04. The van der Waals surface area contributed by atoms with E-state index in [1.54, 1.807) is 66.9 Å².